The molecule has 7 heteroatoms. The van der Waals surface area contributed by atoms with Gasteiger partial charge in [-0.15, -0.1) is 0 Å². The van der Waals surface area contributed by atoms with Crippen LogP contribution in [0.2, 0.25) is 0 Å². The van der Waals surface area contributed by atoms with E-state index in [1.165, 1.54) is 12.1 Å². The van der Waals surface area contributed by atoms with Gasteiger partial charge < -0.3 is 14.3 Å². The first-order valence-electron chi connectivity index (χ1n) is 11.3. The fourth-order valence-corrected chi connectivity index (χ4v) is 4.40. The van der Waals surface area contributed by atoms with E-state index >= 15 is 0 Å². The molecular weight excluding hydrogens is 421 g/mol. The van der Waals surface area contributed by atoms with Gasteiger partial charge in [0.15, 0.2) is 11.5 Å². The Hall–Kier alpha value is -3.48. The molecule has 0 spiro atoms. The second-order valence-corrected chi connectivity index (χ2v) is 8.74. The molecule has 0 N–H and O–H groups in total. The van der Waals surface area contributed by atoms with E-state index in [1.807, 2.05) is 56.0 Å². The van der Waals surface area contributed by atoms with Crippen molar-refractivity contribution in [3.63, 3.8) is 0 Å². The maximum atomic E-state index is 13.6. The number of amides is 2. The summed E-state index contributed by atoms with van der Waals surface area (Å²) in [5, 5.41) is 3.98. The highest BCUT2D eigenvalue weighted by Crippen LogP contribution is 2.32. The van der Waals surface area contributed by atoms with Crippen LogP contribution in [-0.4, -0.2) is 45.9 Å². The summed E-state index contributed by atoms with van der Waals surface area (Å²) < 4.78 is 18.6. The molecular formula is C26H28FN3O3. The average Bonchev–Trinajstić information content (AvgIpc) is 3.31. The molecule has 1 aliphatic rings. The third kappa shape index (κ3) is 4.67. The Labute approximate surface area is 193 Å². The van der Waals surface area contributed by atoms with E-state index in [-0.39, 0.29) is 35.3 Å². The molecule has 4 rings (SSSR count). The standard InChI is InChI=1S/C26H28FN3O3/c1-4-29-23(18-8-6-5-7-9-18)16-30(22(26(29)32)14-17(2)3)25(31)21-15-24(33-28-21)19-10-12-20(27)13-11-19/h5-13,15,17,22-23H,4,14,16H2,1-3H3. The summed E-state index contributed by atoms with van der Waals surface area (Å²) in [5.41, 5.74) is 1.74. The van der Waals surface area contributed by atoms with Crippen LogP contribution in [0.5, 0.6) is 0 Å². The summed E-state index contributed by atoms with van der Waals surface area (Å²) in [5.74, 6) is -0.153. The van der Waals surface area contributed by atoms with Crippen LogP contribution in [0, 0.1) is 11.7 Å². The van der Waals surface area contributed by atoms with Crippen LogP contribution in [-0.2, 0) is 4.79 Å². The van der Waals surface area contributed by atoms with E-state index in [0.29, 0.717) is 30.8 Å². The van der Waals surface area contributed by atoms with Gasteiger partial charge in [0.25, 0.3) is 5.91 Å². The van der Waals surface area contributed by atoms with Gasteiger partial charge in [-0.05, 0) is 49.1 Å². The summed E-state index contributed by atoms with van der Waals surface area (Å²) in [6.45, 7) is 6.98. The van der Waals surface area contributed by atoms with Gasteiger partial charge in [-0.3, -0.25) is 9.59 Å². The fourth-order valence-electron chi connectivity index (χ4n) is 4.40. The molecule has 2 heterocycles. The van der Waals surface area contributed by atoms with E-state index in [2.05, 4.69) is 5.16 Å². The van der Waals surface area contributed by atoms with Crippen LogP contribution < -0.4 is 0 Å². The van der Waals surface area contributed by atoms with Gasteiger partial charge in [0.05, 0.1) is 6.04 Å². The number of benzene rings is 2. The Kier molecular flexibility index (Phi) is 6.58. The molecule has 2 unspecified atom stereocenters. The van der Waals surface area contributed by atoms with Crippen LogP contribution in [0.25, 0.3) is 11.3 Å². The van der Waals surface area contributed by atoms with Gasteiger partial charge in [-0.2, -0.15) is 0 Å². The largest absolute Gasteiger partial charge is 0.355 e. The minimum atomic E-state index is -0.566. The van der Waals surface area contributed by atoms with Crippen molar-refractivity contribution in [1.82, 2.24) is 15.0 Å². The predicted molar refractivity (Wildman–Crippen MR) is 123 cm³/mol. The first-order chi connectivity index (χ1) is 15.9. The van der Waals surface area contributed by atoms with Crippen molar-refractivity contribution in [2.45, 2.75) is 39.3 Å². The molecule has 2 aromatic carbocycles. The Bertz CT molecular complexity index is 1110. The lowest BCUT2D eigenvalue weighted by Crippen LogP contribution is -2.60. The number of rotatable bonds is 6. The zero-order valence-corrected chi connectivity index (χ0v) is 19.1. The second-order valence-electron chi connectivity index (χ2n) is 8.74. The normalized spacial score (nSPS) is 18.8. The summed E-state index contributed by atoms with van der Waals surface area (Å²) in [6, 6.07) is 16.3. The SMILES string of the molecule is CCN1C(=O)C(CC(C)C)N(C(=O)c2cc(-c3ccc(F)cc3)on2)CC1c1ccccc1. The third-order valence-corrected chi connectivity index (χ3v) is 6.03. The van der Waals surface area contributed by atoms with Crippen molar-refractivity contribution in [3.05, 3.63) is 77.7 Å². The molecule has 0 radical (unpaired) electrons. The van der Waals surface area contributed by atoms with E-state index in [9.17, 15) is 14.0 Å². The predicted octanol–water partition coefficient (Wildman–Crippen LogP) is 4.94. The number of carbonyl (C=O) groups excluding carboxylic acids is 2. The number of halogens is 1. The molecule has 3 aromatic rings. The number of carbonyl (C=O) groups is 2. The summed E-state index contributed by atoms with van der Waals surface area (Å²) in [4.78, 5) is 30.6. The lowest BCUT2D eigenvalue weighted by Gasteiger charge is -2.46. The third-order valence-electron chi connectivity index (χ3n) is 6.03. The Morgan fingerprint density at radius 2 is 1.85 bits per heavy atom. The van der Waals surface area contributed by atoms with E-state index in [1.54, 1.807) is 23.1 Å². The van der Waals surface area contributed by atoms with Crippen molar-refractivity contribution in [2.75, 3.05) is 13.1 Å². The molecule has 2 atom stereocenters. The van der Waals surface area contributed by atoms with Gasteiger partial charge in [0, 0.05) is 24.7 Å². The number of hydrogen-bond acceptors (Lipinski definition) is 4. The van der Waals surface area contributed by atoms with Crippen molar-refractivity contribution in [1.29, 1.82) is 0 Å². The molecule has 0 saturated carbocycles. The molecule has 2 amide bonds. The number of hydrogen-bond donors (Lipinski definition) is 0. The van der Waals surface area contributed by atoms with E-state index in [4.69, 9.17) is 4.52 Å². The molecule has 1 saturated heterocycles. The molecule has 33 heavy (non-hydrogen) atoms. The topological polar surface area (TPSA) is 66.7 Å². The lowest BCUT2D eigenvalue weighted by molar-refractivity contribution is -0.145. The van der Waals surface area contributed by atoms with Gasteiger partial charge in [0.1, 0.15) is 11.9 Å². The second kappa shape index (κ2) is 9.57. The quantitative estimate of drug-likeness (QED) is 0.535. The van der Waals surface area contributed by atoms with E-state index in [0.717, 1.165) is 5.56 Å². The maximum Gasteiger partial charge on any atom is 0.276 e. The van der Waals surface area contributed by atoms with Crippen LogP contribution in [0.4, 0.5) is 4.39 Å². The molecule has 1 aromatic heterocycles. The zero-order chi connectivity index (χ0) is 23.5. The minimum absolute atomic E-state index is 0.0538. The zero-order valence-electron chi connectivity index (χ0n) is 19.1. The van der Waals surface area contributed by atoms with Gasteiger partial charge in [-0.25, -0.2) is 4.39 Å². The van der Waals surface area contributed by atoms with Crippen molar-refractivity contribution < 1.29 is 18.5 Å². The number of piperazine rings is 1. The highest BCUT2D eigenvalue weighted by atomic mass is 19.1. The lowest BCUT2D eigenvalue weighted by atomic mass is 9.93. The molecule has 0 bridgehead atoms. The monoisotopic (exact) mass is 449 g/mol. The molecule has 6 nitrogen and oxygen atoms in total. The smallest absolute Gasteiger partial charge is 0.276 e. The van der Waals surface area contributed by atoms with Gasteiger partial charge in [-0.1, -0.05) is 49.3 Å². The summed E-state index contributed by atoms with van der Waals surface area (Å²) in [6.07, 6.45) is 0.561. The number of nitrogens with zero attached hydrogens (tertiary/aromatic N) is 3. The summed E-state index contributed by atoms with van der Waals surface area (Å²) >= 11 is 0. The van der Waals surface area contributed by atoms with E-state index < -0.39 is 6.04 Å². The Balaban J connectivity index is 1.67. The first-order valence-corrected chi connectivity index (χ1v) is 11.3. The fraction of sp³-hybridized carbons (Fsp3) is 0.346. The molecule has 172 valence electrons. The first kappa shape index (κ1) is 22.7. The Morgan fingerprint density at radius 1 is 1.15 bits per heavy atom. The van der Waals surface area contributed by atoms with Crippen molar-refractivity contribution >= 4 is 11.8 Å². The minimum Gasteiger partial charge on any atom is -0.355 e. The maximum absolute atomic E-state index is 13.6. The highest BCUT2D eigenvalue weighted by Gasteiger charge is 2.43. The van der Waals surface area contributed by atoms with Crippen molar-refractivity contribution in [2.24, 2.45) is 5.92 Å². The van der Waals surface area contributed by atoms with Gasteiger partial charge in [0.2, 0.25) is 5.91 Å². The van der Waals surface area contributed by atoms with Crippen LogP contribution in [0.1, 0.15) is 49.3 Å². The van der Waals surface area contributed by atoms with Crippen LogP contribution >= 0.6 is 0 Å². The molecule has 0 aliphatic carbocycles. The van der Waals surface area contributed by atoms with Crippen molar-refractivity contribution in [3.8, 4) is 11.3 Å². The average molecular weight is 450 g/mol. The summed E-state index contributed by atoms with van der Waals surface area (Å²) in [7, 11) is 0. The number of likely N-dealkylation sites (N-methyl/N-ethyl adjacent to an activating group) is 1. The van der Waals surface area contributed by atoms with Gasteiger partial charge >= 0.3 is 0 Å². The van der Waals surface area contributed by atoms with Crippen LogP contribution in [0.3, 0.4) is 0 Å². The van der Waals surface area contributed by atoms with Crippen LogP contribution in [0.15, 0.2) is 65.2 Å². The number of aromatic nitrogens is 1. The highest BCUT2D eigenvalue weighted by molar-refractivity contribution is 5.97. The molecule has 1 aliphatic heterocycles. The Morgan fingerprint density at radius 3 is 2.48 bits per heavy atom. The molecule has 1 fully saturated rings.